The number of benzene rings is 1. The number of aromatic nitrogens is 4. The van der Waals surface area contributed by atoms with Crippen LogP contribution in [0.5, 0.6) is 0 Å². The van der Waals surface area contributed by atoms with Crippen LogP contribution in [0.1, 0.15) is 38.9 Å². The van der Waals surface area contributed by atoms with Crippen molar-refractivity contribution in [2.75, 3.05) is 13.1 Å². The molecule has 1 fully saturated rings. The van der Waals surface area contributed by atoms with Crippen LogP contribution in [0.4, 0.5) is 0 Å². The van der Waals surface area contributed by atoms with Crippen molar-refractivity contribution in [1.29, 1.82) is 0 Å². The van der Waals surface area contributed by atoms with Gasteiger partial charge in [0.1, 0.15) is 5.82 Å². The molecule has 0 aliphatic carbocycles. The zero-order chi connectivity index (χ0) is 22.0. The molecule has 10 heteroatoms. The Morgan fingerprint density at radius 2 is 1.81 bits per heavy atom. The number of hydrogen-bond donors (Lipinski definition) is 0. The van der Waals surface area contributed by atoms with Crippen molar-refractivity contribution in [2.45, 2.75) is 62.0 Å². The Morgan fingerprint density at radius 3 is 2.52 bits per heavy atom. The molecule has 31 heavy (non-hydrogen) atoms. The predicted molar refractivity (Wildman–Crippen MR) is 122 cm³/mol. The molecular formula is C21H27N5O3S2. The fraction of sp³-hybridized carbons (Fsp3) is 0.476. The minimum absolute atomic E-state index is 0.260. The van der Waals surface area contributed by atoms with E-state index in [2.05, 4.69) is 9.55 Å². The lowest BCUT2D eigenvalue weighted by Gasteiger charge is -2.25. The SMILES string of the molecule is CCn1ccc(=O)nc1SCc1nc2cc(S(=O)(=O)N3CCCCC3)ccc2n1CC. The van der Waals surface area contributed by atoms with E-state index < -0.39 is 10.0 Å². The molecule has 2 aromatic heterocycles. The summed E-state index contributed by atoms with van der Waals surface area (Å²) in [5.74, 6) is 1.36. The van der Waals surface area contributed by atoms with E-state index in [9.17, 15) is 13.2 Å². The van der Waals surface area contributed by atoms with Crippen LogP contribution in [-0.2, 0) is 28.9 Å². The molecule has 1 saturated heterocycles. The van der Waals surface area contributed by atoms with Gasteiger partial charge in [0.05, 0.1) is 21.7 Å². The van der Waals surface area contributed by atoms with Crippen LogP contribution in [0.3, 0.4) is 0 Å². The number of aryl methyl sites for hydroxylation is 2. The van der Waals surface area contributed by atoms with Gasteiger partial charge in [0.15, 0.2) is 5.16 Å². The number of fused-ring (bicyclic) bond motifs is 1. The van der Waals surface area contributed by atoms with Gasteiger partial charge in [-0.05, 0) is 44.9 Å². The van der Waals surface area contributed by atoms with Crippen molar-refractivity contribution in [3.05, 3.63) is 46.6 Å². The van der Waals surface area contributed by atoms with E-state index in [1.54, 1.807) is 22.6 Å². The van der Waals surface area contributed by atoms with Crippen LogP contribution in [0.15, 0.2) is 45.3 Å². The van der Waals surface area contributed by atoms with E-state index in [1.165, 1.54) is 17.8 Å². The molecule has 0 spiro atoms. The third-order valence-electron chi connectivity index (χ3n) is 5.59. The first-order chi connectivity index (χ1) is 14.9. The molecule has 0 unspecified atom stereocenters. The quantitative estimate of drug-likeness (QED) is 0.397. The van der Waals surface area contributed by atoms with Gasteiger partial charge in [-0.15, -0.1) is 0 Å². The van der Waals surface area contributed by atoms with Gasteiger partial charge in [-0.3, -0.25) is 4.79 Å². The standard InChI is InChI=1S/C21H27N5O3S2/c1-3-24-13-10-20(27)23-21(24)30-15-19-22-17-14-16(8-9-18(17)26(19)4-2)31(28,29)25-11-6-5-7-12-25/h8-10,13-14H,3-7,11-12,15H2,1-2H3. The molecular weight excluding hydrogens is 434 g/mol. The van der Waals surface area contributed by atoms with Crippen LogP contribution in [0.25, 0.3) is 11.0 Å². The van der Waals surface area contributed by atoms with Gasteiger partial charge in [0, 0.05) is 38.4 Å². The van der Waals surface area contributed by atoms with Crippen LogP contribution in [0.2, 0.25) is 0 Å². The Bertz CT molecular complexity index is 1240. The van der Waals surface area contributed by atoms with Crippen molar-refractivity contribution >= 4 is 32.8 Å². The Hall–Kier alpha value is -2.17. The lowest BCUT2D eigenvalue weighted by atomic mass is 10.2. The van der Waals surface area contributed by atoms with Gasteiger partial charge in [0.2, 0.25) is 10.0 Å². The summed E-state index contributed by atoms with van der Waals surface area (Å²) in [6, 6.07) is 6.67. The molecule has 1 aliphatic heterocycles. The van der Waals surface area contributed by atoms with Crippen LogP contribution < -0.4 is 5.56 Å². The fourth-order valence-electron chi connectivity index (χ4n) is 3.94. The largest absolute Gasteiger partial charge is 0.328 e. The molecule has 0 bridgehead atoms. The lowest BCUT2D eigenvalue weighted by Crippen LogP contribution is -2.35. The molecule has 1 aliphatic rings. The Kier molecular flexibility index (Phi) is 6.49. The fourth-order valence-corrected chi connectivity index (χ4v) is 6.46. The number of thioether (sulfide) groups is 1. The summed E-state index contributed by atoms with van der Waals surface area (Å²) in [6.07, 6.45) is 4.64. The smallest absolute Gasteiger partial charge is 0.273 e. The van der Waals surface area contributed by atoms with E-state index in [0.717, 1.165) is 37.1 Å². The highest BCUT2D eigenvalue weighted by atomic mass is 32.2. The minimum atomic E-state index is -3.50. The molecule has 1 aromatic carbocycles. The Morgan fingerprint density at radius 1 is 1.03 bits per heavy atom. The van der Waals surface area contributed by atoms with Crippen molar-refractivity contribution in [3.63, 3.8) is 0 Å². The number of piperidine rings is 1. The first-order valence-electron chi connectivity index (χ1n) is 10.6. The molecule has 0 N–H and O–H groups in total. The van der Waals surface area contributed by atoms with Gasteiger partial charge < -0.3 is 9.13 Å². The summed E-state index contributed by atoms with van der Waals surface area (Å²) in [7, 11) is -3.50. The van der Waals surface area contributed by atoms with Crippen LogP contribution in [-0.4, -0.2) is 44.9 Å². The van der Waals surface area contributed by atoms with E-state index >= 15 is 0 Å². The predicted octanol–water partition coefficient (Wildman–Crippen LogP) is 3.10. The number of nitrogens with zero attached hydrogens (tertiary/aromatic N) is 5. The monoisotopic (exact) mass is 461 g/mol. The maximum atomic E-state index is 13.1. The topological polar surface area (TPSA) is 90.1 Å². The molecule has 166 valence electrons. The second-order valence-corrected chi connectivity index (χ2v) is 10.4. The Balaban J connectivity index is 1.65. The van der Waals surface area contributed by atoms with Crippen LogP contribution in [0, 0.1) is 0 Å². The molecule has 3 heterocycles. The summed E-state index contributed by atoms with van der Waals surface area (Å²) in [6.45, 7) is 6.63. The zero-order valence-electron chi connectivity index (χ0n) is 17.8. The van der Waals surface area contributed by atoms with E-state index in [4.69, 9.17) is 4.98 Å². The van der Waals surface area contributed by atoms with E-state index in [1.807, 2.05) is 24.5 Å². The molecule has 0 saturated carbocycles. The van der Waals surface area contributed by atoms with Gasteiger partial charge in [-0.25, -0.2) is 13.4 Å². The lowest BCUT2D eigenvalue weighted by molar-refractivity contribution is 0.346. The number of hydrogen-bond acceptors (Lipinski definition) is 6. The third-order valence-corrected chi connectivity index (χ3v) is 8.47. The van der Waals surface area contributed by atoms with E-state index in [-0.39, 0.29) is 5.56 Å². The summed E-state index contributed by atoms with van der Waals surface area (Å²) in [4.78, 5) is 20.8. The summed E-state index contributed by atoms with van der Waals surface area (Å²) in [5, 5.41) is 0.651. The third kappa shape index (κ3) is 4.42. The maximum Gasteiger partial charge on any atom is 0.273 e. The molecule has 0 amide bonds. The summed E-state index contributed by atoms with van der Waals surface area (Å²) in [5.41, 5.74) is 1.32. The summed E-state index contributed by atoms with van der Waals surface area (Å²) >= 11 is 1.46. The molecule has 4 rings (SSSR count). The molecule has 0 atom stereocenters. The summed E-state index contributed by atoms with van der Waals surface area (Å²) < 4.78 is 31.7. The highest BCUT2D eigenvalue weighted by molar-refractivity contribution is 7.98. The van der Waals surface area contributed by atoms with E-state index in [0.29, 0.717) is 41.0 Å². The minimum Gasteiger partial charge on any atom is -0.328 e. The first-order valence-corrected chi connectivity index (χ1v) is 13.1. The number of imidazole rings is 1. The van der Waals surface area contributed by atoms with Gasteiger partial charge >= 0.3 is 0 Å². The van der Waals surface area contributed by atoms with Gasteiger partial charge in [-0.2, -0.15) is 9.29 Å². The second-order valence-electron chi connectivity index (χ2n) is 7.51. The zero-order valence-corrected chi connectivity index (χ0v) is 19.5. The van der Waals surface area contributed by atoms with Crippen LogP contribution >= 0.6 is 11.8 Å². The molecule has 8 nitrogen and oxygen atoms in total. The van der Waals surface area contributed by atoms with Gasteiger partial charge in [0.25, 0.3) is 5.56 Å². The highest BCUT2D eigenvalue weighted by Gasteiger charge is 2.26. The van der Waals surface area contributed by atoms with Crippen molar-refractivity contribution in [3.8, 4) is 0 Å². The number of sulfonamides is 1. The highest BCUT2D eigenvalue weighted by Crippen LogP contribution is 2.27. The van der Waals surface area contributed by atoms with Crippen molar-refractivity contribution in [1.82, 2.24) is 23.4 Å². The van der Waals surface area contributed by atoms with Gasteiger partial charge in [-0.1, -0.05) is 18.2 Å². The van der Waals surface area contributed by atoms with Crippen molar-refractivity contribution < 1.29 is 8.42 Å². The second kappa shape index (κ2) is 9.13. The van der Waals surface area contributed by atoms with Crippen molar-refractivity contribution in [2.24, 2.45) is 0 Å². The first kappa shape index (κ1) is 22.0. The average molecular weight is 462 g/mol. The number of rotatable bonds is 7. The normalized spacial score (nSPS) is 15.5. The molecule has 0 radical (unpaired) electrons. The average Bonchev–Trinajstić information content (AvgIpc) is 3.15. The Labute approximate surface area is 186 Å². The maximum absolute atomic E-state index is 13.1. The molecule has 3 aromatic rings.